The summed E-state index contributed by atoms with van der Waals surface area (Å²) in [7, 11) is 0. The van der Waals surface area contributed by atoms with Crippen molar-refractivity contribution in [3.05, 3.63) is 36.5 Å². The van der Waals surface area contributed by atoms with Crippen LogP contribution in [0, 0.1) is 0 Å². The maximum atomic E-state index is 12.5. The molecule has 1 atom stereocenters. The second-order valence-corrected chi connectivity index (χ2v) is 6.08. The molecular formula is C16H22N6O. The maximum absolute atomic E-state index is 12.5. The van der Waals surface area contributed by atoms with Crippen LogP contribution in [0.25, 0.3) is 0 Å². The molecule has 1 N–H and O–H groups in total. The van der Waals surface area contributed by atoms with Gasteiger partial charge in [-0.05, 0) is 32.8 Å². The van der Waals surface area contributed by atoms with Crippen LogP contribution in [0.4, 0.5) is 5.82 Å². The van der Waals surface area contributed by atoms with Gasteiger partial charge in [0.05, 0.1) is 6.20 Å². The van der Waals surface area contributed by atoms with Gasteiger partial charge in [-0.1, -0.05) is 0 Å². The topological polar surface area (TPSA) is 75.9 Å². The molecule has 2 aromatic heterocycles. The van der Waals surface area contributed by atoms with Crippen LogP contribution in [0.3, 0.4) is 0 Å². The summed E-state index contributed by atoms with van der Waals surface area (Å²) in [4.78, 5) is 23.1. The van der Waals surface area contributed by atoms with E-state index in [2.05, 4.69) is 25.3 Å². The summed E-state index contributed by atoms with van der Waals surface area (Å²) in [6.45, 7) is 5.72. The second kappa shape index (κ2) is 6.76. The SMILES string of the molecule is CC(C)n1nccc1C(=O)NC1CCCN(c2cnccn2)C1. The maximum Gasteiger partial charge on any atom is 0.269 e. The number of piperidine rings is 1. The molecule has 23 heavy (non-hydrogen) atoms. The number of aromatic nitrogens is 4. The van der Waals surface area contributed by atoms with Gasteiger partial charge in [-0.25, -0.2) is 4.98 Å². The van der Waals surface area contributed by atoms with Crippen LogP contribution in [-0.2, 0) is 0 Å². The van der Waals surface area contributed by atoms with E-state index in [9.17, 15) is 4.79 Å². The van der Waals surface area contributed by atoms with Gasteiger partial charge >= 0.3 is 0 Å². The van der Waals surface area contributed by atoms with Crippen LogP contribution in [0.5, 0.6) is 0 Å². The number of amides is 1. The van der Waals surface area contributed by atoms with E-state index < -0.39 is 0 Å². The van der Waals surface area contributed by atoms with Gasteiger partial charge in [0.2, 0.25) is 0 Å². The summed E-state index contributed by atoms with van der Waals surface area (Å²) in [6, 6.07) is 2.03. The standard InChI is InChI=1S/C16H22N6O/c1-12(2)22-14(5-6-19-22)16(23)20-13-4-3-9-21(11-13)15-10-17-7-8-18-15/h5-8,10,12-13H,3-4,9,11H2,1-2H3,(H,20,23). The van der Waals surface area contributed by atoms with Crippen LogP contribution < -0.4 is 10.2 Å². The van der Waals surface area contributed by atoms with Crippen molar-refractivity contribution in [1.29, 1.82) is 0 Å². The third kappa shape index (κ3) is 3.49. The van der Waals surface area contributed by atoms with Crippen LogP contribution >= 0.6 is 0 Å². The first-order chi connectivity index (χ1) is 11.1. The molecule has 0 saturated carbocycles. The van der Waals surface area contributed by atoms with Gasteiger partial charge in [-0.3, -0.25) is 14.5 Å². The third-order valence-corrected chi connectivity index (χ3v) is 4.02. The average molecular weight is 314 g/mol. The van der Waals surface area contributed by atoms with Gasteiger partial charge in [0.25, 0.3) is 5.91 Å². The highest BCUT2D eigenvalue weighted by atomic mass is 16.2. The number of hydrogen-bond acceptors (Lipinski definition) is 5. The Balaban J connectivity index is 1.66. The minimum Gasteiger partial charge on any atom is -0.353 e. The van der Waals surface area contributed by atoms with E-state index in [4.69, 9.17) is 0 Å². The Bertz CT molecular complexity index is 654. The van der Waals surface area contributed by atoms with E-state index in [1.54, 1.807) is 35.5 Å². The van der Waals surface area contributed by atoms with Crippen LogP contribution in [0.2, 0.25) is 0 Å². The smallest absolute Gasteiger partial charge is 0.269 e. The minimum atomic E-state index is -0.0674. The zero-order valence-electron chi connectivity index (χ0n) is 13.5. The van der Waals surface area contributed by atoms with Crippen molar-refractivity contribution in [2.75, 3.05) is 18.0 Å². The van der Waals surface area contributed by atoms with Crippen molar-refractivity contribution >= 4 is 11.7 Å². The molecule has 0 radical (unpaired) electrons. The average Bonchev–Trinajstić information content (AvgIpc) is 3.06. The first kappa shape index (κ1) is 15.5. The van der Waals surface area contributed by atoms with Crippen LogP contribution in [-0.4, -0.2) is 44.8 Å². The number of nitrogens with zero attached hydrogens (tertiary/aromatic N) is 5. The molecule has 1 saturated heterocycles. The number of nitrogens with one attached hydrogen (secondary N) is 1. The number of rotatable bonds is 4. The van der Waals surface area contributed by atoms with Gasteiger partial charge in [-0.15, -0.1) is 0 Å². The van der Waals surface area contributed by atoms with Crippen LogP contribution in [0.15, 0.2) is 30.9 Å². The summed E-state index contributed by atoms with van der Waals surface area (Å²) in [5.74, 6) is 0.792. The number of carbonyl (C=O) groups excluding carboxylic acids is 1. The molecule has 7 heteroatoms. The summed E-state index contributed by atoms with van der Waals surface area (Å²) in [5.41, 5.74) is 0.608. The highest BCUT2D eigenvalue weighted by Crippen LogP contribution is 2.17. The lowest BCUT2D eigenvalue weighted by molar-refractivity contribution is 0.0920. The molecule has 2 aromatic rings. The lowest BCUT2D eigenvalue weighted by Crippen LogP contribution is -2.48. The van der Waals surface area contributed by atoms with Crippen molar-refractivity contribution in [3.8, 4) is 0 Å². The van der Waals surface area contributed by atoms with Crippen LogP contribution in [0.1, 0.15) is 43.2 Å². The molecule has 3 rings (SSSR count). The third-order valence-electron chi connectivity index (χ3n) is 4.02. The van der Waals surface area contributed by atoms with E-state index in [-0.39, 0.29) is 18.0 Å². The second-order valence-electron chi connectivity index (χ2n) is 6.08. The Morgan fingerprint density at radius 2 is 2.22 bits per heavy atom. The first-order valence-corrected chi connectivity index (χ1v) is 8.00. The zero-order chi connectivity index (χ0) is 16.2. The lowest BCUT2D eigenvalue weighted by atomic mass is 10.1. The molecule has 1 amide bonds. The molecule has 1 unspecified atom stereocenters. The normalized spacial score (nSPS) is 18.2. The van der Waals surface area contributed by atoms with Gasteiger partial charge in [-0.2, -0.15) is 5.10 Å². The molecule has 0 bridgehead atoms. The molecule has 122 valence electrons. The van der Waals surface area contributed by atoms with E-state index in [0.717, 1.165) is 31.7 Å². The van der Waals surface area contributed by atoms with Gasteiger partial charge in [0.1, 0.15) is 11.5 Å². The molecule has 0 aromatic carbocycles. The van der Waals surface area contributed by atoms with Gasteiger partial charge in [0.15, 0.2) is 0 Å². The quantitative estimate of drug-likeness (QED) is 0.928. The van der Waals surface area contributed by atoms with E-state index >= 15 is 0 Å². The number of hydrogen-bond donors (Lipinski definition) is 1. The molecule has 1 fully saturated rings. The Labute approximate surface area is 135 Å². The monoisotopic (exact) mass is 314 g/mol. The molecule has 3 heterocycles. The fraction of sp³-hybridized carbons (Fsp3) is 0.500. The Morgan fingerprint density at radius 3 is 2.96 bits per heavy atom. The van der Waals surface area contributed by atoms with Crippen molar-refractivity contribution in [2.45, 2.75) is 38.8 Å². The first-order valence-electron chi connectivity index (χ1n) is 8.00. The molecule has 0 aliphatic carbocycles. The predicted octanol–water partition coefficient (Wildman–Crippen LogP) is 1.65. The summed E-state index contributed by atoms with van der Waals surface area (Å²) in [6.07, 6.45) is 8.78. The molecular weight excluding hydrogens is 292 g/mol. The molecule has 1 aliphatic rings. The Kier molecular flexibility index (Phi) is 4.55. The fourth-order valence-electron chi connectivity index (χ4n) is 2.92. The van der Waals surface area contributed by atoms with E-state index in [1.165, 1.54) is 0 Å². The van der Waals surface area contributed by atoms with Crippen molar-refractivity contribution in [3.63, 3.8) is 0 Å². The van der Waals surface area contributed by atoms with Gasteiger partial charge < -0.3 is 10.2 Å². The molecule has 0 spiro atoms. The molecule has 7 nitrogen and oxygen atoms in total. The summed E-state index contributed by atoms with van der Waals surface area (Å²) >= 11 is 0. The van der Waals surface area contributed by atoms with Gasteiger partial charge in [0, 0.05) is 43.8 Å². The van der Waals surface area contributed by atoms with Crippen molar-refractivity contribution in [2.24, 2.45) is 0 Å². The summed E-state index contributed by atoms with van der Waals surface area (Å²) < 4.78 is 1.75. The Morgan fingerprint density at radius 1 is 1.35 bits per heavy atom. The zero-order valence-corrected chi connectivity index (χ0v) is 13.5. The highest BCUT2D eigenvalue weighted by Gasteiger charge is 2.24. The largest absolute Gasteiger partial charge is 0.353 e. The van der Waals surface area contributed by atoms with E-state index in [1.807, 2.05) is 13.8 Å². The van der Waals surface area contributed by atoms with Crippen molar-refractivity contribution < 1.29 is 4.79 Å². The highest BCUT2D eigenvalue weighted by molar-refractivity contribution is 5.92. The van der Waals surface area contributed by atoms with E-state index in [0.29, 0.717) is 5.69 Å². The van der Waals surface area contributed by atoms with Crippen molar-refractivity contribution in [1.82, 2.24) is 25.1 Å². The number of carbonyl (C=O) groups is 1. The number of anilines is 1. The fourth-order valence-corrected chi connectivity index (χ4v) is 2.92. The minimum absolute atomic E-state index is 0.0674. The predicted molar refractivity (Wildman–Crippen MR) is 87.3 cm³/mol. The Hall–Kier alpha value is -2.44. The summed E-state index contributed by atoms with van der Waals surface area (Å²) in [5, 5.41) is 7.35. The molecule has 1 aliphatic heterocycles. The lowest BCUT2D eigenvalue weighted by Gasteiger charge is -2.33.